The maximum atomic E-state index is 10.7. The van der Waals surface area contributed by atoms with Crippen LogP contribution in [0.3, 0.4) is 0 Å². The largest absolute Gasteiger partial charge is 0.506 e. The predicted octanol–water partition coefficient (Wildman–Crippen LogP) is 2.94. The number of rotatable bonds is 4. The molecule has 0 aliphatic rings. The van der Waals surface area contributed by atoms with Crippen LogP contribution in [0, 0.1) is 0 Å². The molecule has 1 aromatic heterocycles. The third-order valence-corrected chi connectivity index (χ3v) is 3.24. The minimum atomic E-state index is -1.08. The van der Waals surface area contributed by atoms with Crippen LogP contribution in [0.1, 0.15) is 15.9 Å². The summed E-state index contributed by atoms with van der Waals surface area (Å²) in [6.45, 7) is 0. The minimum absolute atomic E-state index is 0.0341. The van der Waals surface area contributed by atoms with Gasteiger partial charge < -0.3 is 15.3 Å². The summed E-state index contributed by atoms with van der Waals surface area (Å²) in [5.74, 6) is -1.57. The van der Waals surface area contributed by atoms with Gasteiger partial charge in [0.1, 0.15) is 16.6 Å². The van der Waals surface area contributed by atoms with Gasteiger partial charge in [0.2, 0.25) is 0 Å². The Morgan fingerprint density at radius 3 is 2.59 bits per heavy atom. The van der Waals surface area contributed by atoms with Crippen molar-refractivity contribution in [3.8, 4) is 11.5 Å². The van der Waals surface area contributed by atoms with Gasteiger partial charge in [0, 0.05) is 11.8 Å². The number of halogens is 2. The van der Waals surface area contributed by atoms with Crippen molar-refractivity contribution in [3.05, 3.63) is 45.6 Å². The van der Waals surface area contributed by atoms with Crippen LogP contribution in [-0.2, 0) is 0 Å². The number of phenols is 2. The van der Waals surface area contributed by atoms with Gasteiger partial charge in [-0.15, -0.1) is 0 Å². The van der Waals surface area contributed by atoms with E-state index in [9.17, 15) is 15.0 Å². The molecule has 0 atom stereocenters. The molecule has 7 nitrogen and oxygen atoms in total. The van der Waals surface area contributed by atoms with Gasteiger partial charge >= 0.3 is 5.97 Å². The molecule has 0 aliphatic carbocycles. The first kappa shape index (κ1) is 15.9. The van der Waals surface area contributed by atoms with Crippen LogP contribution in [0.25, 0.3) is 0 Å². The zero-order valence-corrected chi connectivity index (χ0v) is 12.3. The number of hydrogen-bond acceptors (Lipinski definition) is 6. The molecule has 1 heterocycles. The number of aromatic hydroxyl groups is 2. The molecule has 9 heteroatoms. The SMILES string of the molecule is O=C(O)c1ccc(N/N=C/c2cc(Cl)c(O)c(Cl)c2O)nc1. The number of phenolic OH excluding ortho intramolecular Hbond substituents is 2. The summed E-state index contributed by atoms with van der Waals surface area (Å²) in [4.78, 5) is 14.5. The lowest BCUT2D eigenvalue weighted by atomic mass is 10.2. The van der Waals surface area contributed by atoms with E-state index in [-0.39, 0.29) is 26.9 Å². The standard InChI is InChI=1S/C13H9Cl2N3O4/c14-8-3-7(11(19)10(15)12(8)20)5-17-18-9-2-1-6(4-16-9)13(21)22/h1-5,19-20H,(H,16,18)(H,21,22)/b17-5+. The van der Waals surface area contributed by atoms with E-state index in [0.29, 0.717) is 5.82 Å². The average Bonchev–Trinajstić information content (AvgIpc) is 2.50. The van der Waals surface area contributed by atoms with Crippen LogP contribution in [0.4, 0.5) is 5.82 Å². The summed E-state index contributed by atoms with van der Waals surface area (Å²) in [5.41, 5.74) is 2.77. The van der Waals surface area contributed by atoms with Crippen LogP contribution in [0.2, 0.25) is 10.0 Å². The first-order valence-corrected chi connectivity index (χ1v) is 6.54. The summed E-state index contributed by atoms with van der Waals surface area (Å²) in [6, 6.07) is 4.07. The fraction of sp³-hybridized carbons (Fsp3) is 0. The summed E-state index contributed by atoms with van der Waals surface area (Å²) in [7, 11) is 0. The molecule has 0 radical (unpaired) electrons. The highest BCUT2D eigenvalue weighted by Gasteiger charge is 2.13. The Hall–Kier alpha value is -2.51. The van der Waals surface area contributed by atoms with Crippen LogP contribution in [0.15, 0.2) is 29.5 Å². The van der Waals surface area contributed by atoms with E-state index in [1.54, 1.807) is 0 Å². The van der Waals surface area contributed by atoms with E-state index in [1.165, 1.54) is 30.6 Å². The molecule has 4 N–H and O–H groups in total. The van der Waals surface area contributed by atoms with E-state index >= 15 is 0 Å². The maximum absolute atomic E-state index is 10.7. The van der Waals surface area contributed by atoms with Crippen molar-refractivity contribution in [1.29, 1.82) is 0 Å². The average molecular weight is 342 g/mol. The van der Waals surface area contributed by atoms with Gasteiger partial charge in [-0.3, -0.25) is 5.43 Å². The number of carboxylic acids is 1. The van der Waals surface area contributed by atoms with Gasteiger partial charge in [0.25, 0.3) is 0 Å². The summed E-state index contributed by atoms with van der Waals surface area (Å²) < 4.78 is 0. The van der Waals surface area contributed by atoms with E-state index in [1.807, 2.05) is 0 Å². The highest BCUT2D eigenvalue weighted by molar-refractivity contribution is 6.38. The Labute approximate surface area is 134 Å². The van der Waals surface area contributed by atoms with Crippen molar-refractivity contribution in [2.24, 2.45) is 5.10 Å². The second-order valence-electron chi connectivity index (χ2n) is 4.07. The van der Waals surface area contributed by atoms with Crippen LogP contribution < -0.4 is 5.43 Å². The smallest absolute Gasteiger partial charge is 0.337 e. The Bertz CT molecular complexity index is 748. The number of benzene rings is 1. The molecule has 2 rings (SSSR count). The number of nitrogens with one attached hydrogen (secondary N) is 1. The van der Waals surface area contributed by atoms with Crippen LogP contribution in [0.5, 0.6) is 11.5 Å². The fourth-order valence-corrected chi connectivity index (χ4v) is 1.94. The monoisotopic (exact) mass is 341 g/mol. The summed E-state index contributed by atoms with van der Waals surface area (Å²) in [6.07, 6.45) is 2.39. The van der Waals surface area contributed by atoms with Crippen LogP contribution >= 0.6 is 23.2 Å². The second kappa shape index (κ2) is 6.50. The Balaban J connectivity index is 2.14. The number of aromatic carboxylic acids is 1. The number of hydrazone groups is 1. The zero-order valence-electron chi connectivity index (χ0n) is 10.8. The predicted molar refractivity (Wildman–Crippen MR) is 82.2 cm³/mol. The topological polar surface area (TPSA) is 115 Å². The molecule has 2 aromatic rings. The number of nitrogens with zero attached hydrogens (tertiary/aromatic N) is 2. The third-order valence-electron chi connectivity index (χ3n) is 2.59. The van der Waals surface area contributed by atoms with Crippen molar-refractivity contribution in [3.63, 3.8) is 0 Å². The highest BCUT2D eigenvalue weighted by Crippen LogP contribution is 2.40. The van der Waals surface area contributed by atoms with Gasteiger partial charge in [0.15, 0.2) is 5.75 Å². The number of carbonyl (C=O) groups is 1. The number of hydrogen-bond donors (Lipinski definition) is 4. The van der Waals surface area contributed by atoms with Gasteiger partial charge in [-0.25, -0.2) is 9.78 Å². The summed E-state index contributed by atoms with van der Waals surface area (Å²) in [5, 5.41) is 31.4. The quantitative estimate of drug-likeness (QED) is 0.502. The molecular formula is C13H9Cl2N3O4. The van der Waals surface area contributed by atoms with Crippen molar-refractivity contribution >= 4 is 41.2 Å². The molecule has 0 spiro atoms. The lowest BCUT2D eigenvalue weighted by Gasteiger charge is -2.05. The Kier molecular flexibility index (Phi) is 4.69. The Morgan fingerprint density at radius 1 is 1.27 bits per heavy atom. The molecule has 0 bridgehead atoms. The molecule has 0 amide bonds. The molecule has 0 fully saturated rings. The molecule has 1 aromatic carbocycles. The van der Waals surface area contributed by atoms with Gasteiger partial charge in [-0.05, 0) is 18.2 Å². The first-order chi connectivity index (χ1) is 10.4. The van der Waals surface area contributed by atoms with E-state index in [0.717, 1.165) is 0 Å². The second-order valence-corrected chi connectivity index (χ2v) is 4.85. The lowest BCUT2D eigenvalue weighted by Crippen LogP contribution is -1.99. The molecule has 0 unspecified atom stereocenters. The summed E-state index contributed by atoms with van der Waals surface area (Å²) >= 11 is 11.4. The van der Waals surface area contributed by atoms with Crippen LogP contribution in [-0.4, -0.2) is 32.5 Å². The molecule has 0 saturated heterocycles. The van der Waals surface area contributed by atoms with Crippen molar-refractivity contribution in [2.45, 2.75) is 0 Å². The zero-order chi connectivity index (χ0) is 16.3. The van der Waals surface area contributed by atoms with E-state index in [2.05, 4.69) is 15.5 Å². The molecule has 114 valence electrons. The third kappa shape index (κ3) is 3.38. The Morgan fingerprint density at radius 2 is 2.00 bits per heavy atom. The van der Waals surface area contributed by atoms with E-state index in [4.69, 9.17) is 28.3 Å². The van der Waals surface area contributed by atoms with E-state index < -0.39 is 11.7 Å². The molecular weight excluding hydrogens is 333 g/mol. The maximum Gasteiger partial charge on any atom is 0.337 e. The number of aromatic nitrogens is 1. The van der Waals surface area contributed by atoms with Gasteiger partial charge in [-0.2, -0.15) is 5.10 Å². The van der Waals surface area contributed by atoms with Crippen molar-refractivity contribution < 1.29 is 20.1 Å². The molecule has 0 aliphatic heterocycles. The number of carboxylic acid groups (broad SMARTS) is 1. The van der Waals surface area contributed by atoms with Crippen molar-refractivity contribution in [1.82, 2.24) is 4.98 Å². The number of pyridine rings is 1. The molecule has 22 heavy (non-hydrogen) atoms. The van der Waals surface area contributed by atoms with Gasteiger partial charge in [0.05, 0.1) is 16.8 Å². The first-order valence-electron chi connectivity index (χ1n) is 5.78. The van der Waals surface area contributed by atoms with Gasteiger partial charge in [-0.1, -0.05) is 23.2 Å². The number of anilines is 1. The van der Waals surface area contributed by atoms with Crippen molar-refractivity contribution in [2.75, 3.05) is 5.43 Å². The highest BCUT2D eigenvalue weighted by atomic mass is 35.5. The lowest BCUT2D eigenvalue weighted by molar-refractivity contribution is 0.0696. The fourth-order valence-electron chi connectivity index (χ4n) is 1.47. The minimum Gasteiger partial charge on any atom is -0.506 e. The molecule has 0 saturated carbocycles. The normalized spacial score (nSPS) is 10.8.